The maximum Gasteiger partial charge on any atom is 0.0384 e. The normalized spacial score (nSPS) is 14.4. The van der Waals surface area contributed by atoms with E-state index in [9.17, 15) is 0 Å². The zero-order chi connectivity index (χ0) is 20.5. The molecule has 2 N–H and O–H groups in total. The second-order valence-corrected chi connectivity index (χ2v) is 7.14. The van der Waals surface area contributed by atoms with E-state index in [1.54, 1.807) is 0 Å². The van der Waals surface area contributed by atoms with E-state index in [-0.39, 0.29) is 0 Å². The molecule has 2 heteroatoms. The molecule has 0 unspecified atom stereocenters. The molecule has 0 heterocycles. The third kappa shape index (κ3) is 6.11. The van der Waals surface area contributed by atoms with Gasteiger partial charge in [-0.2, -0.15) is 0 Å². The number of hydrogen-bond donors (Lipinski definition) is 2. The summed E-state index contributed by atoms with van der Waals surface area (Å²) in [5.41, 5.74) is 8.18. The number of benzene rings is 2. The lowest BCUT2D eigenvalue weighted by molar-refractivity contribution is 1.02. The van der Waals surface area contributed by atoms with Gasteiger partial charge in [0.25, 0.3) is 0 Å². The van der Waals surface area contributed by atoms with Gasteiger partial charge in [-0.1, -0.05) is 67.1 Å². The molecule has 0 atom stereocenters. The highest BCUT2D eigenvalue weighted by Crippen LogP contribution is 2.24. The molecule has 1 aliphatic rings. The standard InChI is InChI=1S/C27H30N2/c1-4-6-9-24(5-2)28-25-10-7-8-22(13-18-25)23-14-19-27(20-15-23)29-26-16-11-21(3)12-17-26/h5-6,8-20,28-29H,4,7H2,1-3H3/b9-6-,24-5+. The van der Waals surface area contributed by atoms with Crippen molar-refractivity contribution in [2.45, 2.75) is 33.6 Å². The Kier molecular flexibility index (Phi) is 7.29. The van der Waals surface area contributed by atoms with Crippen LogP contribution in [0.1, 0.15) is 37.8 Å². The maximum atomic E-state index is 3.50. The molecule has 0 aliphatic heterocycles. The van der Waals surface area contributed by atoms with E-state index in [4.69, 9.17) is 0 Å². The molecule has 29 heavy (non-hydrogen) atoms. The molecule has 0 aromatic heterocycles. The molecule has 3 rings (SSSR count). The fourth-order valence-electron chi connectivity index (χ4n) is 3.11. The summed E-state index contributed by atoms with van der Waals surface area (Å²) in [6.07, 6.45) is 17.2. The van der Waals surface area contributed by atoms with Gasteiger partial charge in [-0.05, 0) is 74.2 Å². The van der Waals surface area contributed by atoms with E-state index in [1.165, 1.54) is 16.7 Å². The third-order valence-electron chi connectivity index (χ3n) is 4.81. The van der Waals surface area contributed by atoms with Crippen molar-refractivity contribution in [3.05, 3.63) is 114 Å². The average Bonchev–Trinajstić information content (AvgIpc) is 2.99. The van der Waals surface area contributed by atoms with Crippen LogP contribution in [0.15, 0.2) is 102 Å². The van der Waals surface area contributed by atoms with E-state index < -0.39 is 0 Å². The SMILES string of the molecule is C/C=C(\C=C/CC)NC1=CCC=C(c2ccc(Nc3ccc(C)cc3)cc2)C=C1. The molecule has 1 aliphatic carbocycles. The topological polar surface area (TPSA) is 24.1 Å². The summed E-state index contributed by atoms with van der Waals surface area (Å²) in [5.74, 6) is 0. The van der Waals surface area contributed by atoms with Gasteiger partial charge in [0.2, 0.25) is 0 Å². The van der Waals surface area contributed by atoms with Crippen LogP contribution in [-0.2, 0) is 0 Å². The third-order valence-corrected chi connectivity index (χ3v) is 4.81. The summed E-state index contributed by atoms with van der Waals surface area (Å²) < 4.78 is 0. The number of rotatable bonds is 7. The Hall–Kier alpha value is -3.26. The van der Waals surface area contributed by atoms with Crippen LogP contribution in [0, 0.1) is 6.92 Å². The lowest BCUT2D eigenvalue weighted by Crippen LogP contribution is -2.09. The largest absolute Gasteiger partial charge is 0.356 e. The fraction of sp³-hybridized carbons (Fsp3) is 0.185. The Morgan fingerprint density at radius 2 is 1.62 bits per heavy atom. The van der Waals surface area contributed by atoms with Gasteiger partial charge in [0, 0.05) is 22.8 Å². The van der Waals surface area contributed by atoms with Gasteiger partial charge < -0.3 is 10.6 Å². The van der Waals surface area contributed by atoms with E-state index in [0.717, 1.165) is 35.6 Å². The van der Waals surface area contributed by atoms with Gasteiger partial charge in [0.15, 0.2) is 0 Å². The summed E-state index contributed by atoms with van der Waals surface area (Å²) in [4.78, 5) is 0. The monoisotopic (exact) mass is 382 g/mol. The highest BCUT2D eigenvalue weighted by molar-refractivity contribution is 5.76. The number of aryl methyl sites for hydroxylation is 1. The lowest BCUT2D eigenvalue weighted by Gasteiger charge is -2.09. The first-order valence-corrected chi connectivity index (χ1v) is 10.3. The van der Waals surface area contributed by atoms with Crippen molar-refractivity contribution >= 4 is 16.9 Å². The molecule has 2 nitrogen and oxygen atoms in total. The van der Waals surface area contributed by atoms with Crippen LogP contribution < -0.4 is 10.6 Å². The summed E-state index contributed by atoms with van der Waals surface area (Å²) in [5, 5.41) is 6.95. The predicted molar refractivity (Wildman–Crippen MR) is 127 cm³/mol. The summed E-state index contributed by atoms with van der Waals surface area (Å²) in [6.45, 7) is 6.30. The van der Waals surface area contributed by atoms with Crippen LogP contribution in [0.4, 0.5) is 11.4 Å². The molecule has 0 saturated carbocycles. The van der Waals surface area contributed by atoms with Crippen LogP contribution in [0.2, 0.25) is 0 Å². The molecule has 0 fully saturated rings. The van der Waals surface area contributed by atoms with Crippen molar-refractivity contribution in [1.29, 1.82) is 0 Å². The van der Waals surface area contributed by atoms with Crippen LogP contribution in [0.3, 0.4) is 0 Å². The average molecular weight is 383 g/mol. The Morgan fingerprint density at radius 3 is 2.28 bits per heavy atom. The van der Waals surface area contributed by atoms with Crippen molar-refractivity contribution < 1.29 is 0 Å². The zero-order valence-corrected chi connectivity index (χ0v) is 17.6. The van der Waals surface area contributed by atoms with Crippen molar-refractivity contribution in [2.24, 2.45) is 0 Å². The molecule has 0 saturated heterocycles. The molecule has 2 aromatic rings. The molecule has 0 radical (unpaired) electrons. The summed E-state index contributed by atoms with van der Waals surface area (Å²) >= 11 is 0. The first-order chi connectivity index (χ1) is 14.2. The number of nitrogens with one attached hydrogen (secondary N) is 2. The molecule has 0 spiro atoms. The first-order valence-electron chi connectivity index (χ1n) is 10.3. The van der Waals surface area contributed by atoms with Gasteiger partial charge >= 0.3 is 0 Å². The van der Waals surface area contributed by atoms with Gasteiger partial charge in [-0.3, -0.25) is 0 Å². The molecular formula is C27H30N2. The van der Waals surface area contributed by atoms with Crippen molar-refractivity contribution in [3.63, 3.8) is 0 Å². The minimum Gasteiger partial charge on any atom is -0.356 e. The van der Waals surface area contributed by atoms with Crippen LogP contribution in [0.25, 0.3) is 5.57 Å². The van der Waals surface area contributed by atoms with Gasteiger partial charge in [0.05, 0.1) is 0 Å². The summed E-state index contributed by atoms with van der Waals surface area (Å²) in [7, 11) is 0. The minimum atomic E-state index is 0.905. The van der Waals surface area contributed by atoms with Crippen molar-refractivity contribution in [3.8, 4) is 0 Å². The van der Waals surface area contributed by atoms with E-state index in [0.29, 0.717) is 0 Å². The highest BCUT2D eigenvalue weighted by Gasteiger charge is 2.03. The van der Waals surface area contributed by atoms with Gasteiger partial charge in [-0.15, -0.1) is 0 Å². The Labute approximate surface area is 175 Å². The number of allylic oxidation sites excluding steroid dienone is 8. The zero-order valence-electron chi connectivity index (χ0n) is 17.6. The van der Waals surface area contributed by atoms with Crippen LogP contribution >= 0.6 is 0 Å². The smallest absolute Gasteiger partial charge is 0.0384 e. The second-order valence-electron chi connectivity index (χ2n) is 7.14. The van der Waals surface area contributed by atoms with Crippen molar-refractivity contribution in [2.75, 3.05) is 5.32 Å². The lowest BCUT2D eigenvalue weighted by atomic mass is 10.0. The highest BCUT2D eigenvalue weighted by atomic mass is 14.9. The fourth-order valence-corrected chi connectivity index (χ4v) is 3.11. The quantitative estimate of drug-likeness (QED) is 0.487. The first kappa shape index (κ1) is 20.5. The van der Waals surface area contributed by atoms with E-state index in [1.807, 2.05) is 0 Å². The van der Waals surface area contributed by atoms with Crippen LogP contribution in [0.5, 0.6) is 0 Å². The van der Waals surface area contributed by atoms with E-state index >= 15 is 0 Å². The van der Waals surface area contributed by atoms with Gasteiger partial charge in [-0.25, -0.2) is 0 Å². The van der Waals surface area contributed by atoms with Gasteiger partial charge in [0.1, 0.15) is 0 Å². The number of anilines is 2. The predicted octanol–water partition coefficient (Wildman–Crippen LogP) is 7.43. The molecular weight excluding hydrogens is 352 g/mol. The van der Waals surface area contributed by atoms with Crippen LogP contribution in [-0.4, -0.2) is 0 Å². The number of hydrogen-bond acceptors (Lipinski definition) is 2. The molecule has 148 valence electrons. The maximum absolute atomic E-state index is 3.50. The molecule has 0 amide bonds. The Morgan fingerprint density at radius 1 is 0.931 bits per heavy atom. The minimum absolute atomic E-state index is 0.905. The van der Waals surface area contributed by atoms with Crippen molar-refractivity contribution in [1.82, 2.24) is 5.32 Å². The van der Waals surface area contributed by atoms with E-state index in [2.05, 4.69) is 122 Å². The molecule has 0 bridgehead atoms. The molecule has 2 aromatic carbocycles. The second kappa shape index (κ2) is 10.3. The Bertz CT molecular complexity index is 953. The Balaban J connectivity index is 1.65. The summed E-state index contributed by atoms with van der Waals surface area (Å²) in [6, 6.07) is 17.1.